The molecule has 0 spiro atoms. The number of hydrogen-bond acceptors (Lipinski definition) is 1. The van der Waals surface area contributed by atoms with Crippen LogP contribution in [0.15, 0.2) is 247 Å². The van der Waals surface area contributed by atoms with E-state index >= 15 is 0 Å². The summed E-state index contributed by atoms with van der Waals surface area (Å²) < 4.78 is 6.41. The highest BCUT2D eigenvalue weighted by Gasteiger charge is 2.22. The first kappa shape index (κ1) is 37.6. The van der Waals surface area contributed by atoms with Gasteiger partial charge in [0, 0.05) is 10.8 Å². The summed E-state index contributed by atoms with van der Waals surface area (Å²) in [5.74, 6) is 0. The SMILES string of the molecule is c1ccc(-c2c3ccccc3c(-c3cccc4cc(-c5ccc6c(-c7c8ccccc8c(-c8cccc9oc%10ccccc%10c89)c8ccccc78)cccc6c5)ccc34)c3ccccc23)cc1. The van der Waals surface area contributed by atoms with Crippen molar-refractivity contribution < 1.29 is 4.42 Å². The molecular formula is C66H40O. The predicted molar refractivity (Wildman–Crippen MR) is 286 cm³/mol. The van der Waals surface area contributed by atoms with Gasteiger partial charge >= 0.3 is 0 Å². The average Bonchev–Trinajstić information content (AvgIpc) is 3.78. The summed E-state index contributed by atoms with van der Waals surface area (Å²) in [4.78, 5) is 0. The number of benzene rings is 13. The molecule has 0 bridgehead atoms. The fraction of sp³-hybridized carbons (Fsp3) is 0. The smallest absolute Gasteiger partial charge is 0.136 e. The lowest BCUT2D eigenvalue weighted by Crippen LogP contribution is -1.92. The molecule has 0 radical (unpaired) electrons. The Morgan fingerprint density at radius 1 is 0.209 bits per heavy atom. The van der Waals surface area contributed by atoms with Crippen LogP contribution in [0.1, 0.15) is 0 Å². The van der Waals surface area contributed by atoms with E-state index in [4.69, 9.17) is 4.42 Å². The Labute approximate surface area is 387 Å². The highest BCUT2D eigenvalue weighted by atomic mass is 16.3. The summed E-state index contributed by atoms with van der Waals surface area (Å²) in [6, 6.07) is 89.0. The van der Waals surface area contributed by atoms with Gasteiger partial charge in [-0.05, 0) is 145 Å². The lowest BCUT2D eigenvalue weighted by atomic mass is 9.83. The summed E-state index contributed by atoms with van der Waals surface area (Å²) >= 11 is 0. The Hall–Kier alpha value is -8.78. The Balaban J connectivity index is 0.918. The third-order valence-corrected chi connectivity index (χ3v) is 14.2. The molecule has 1 heteroatoms. The van der Waals surface area contributed by atoms with Gasteiger partial charge in [0.05, 0.1) is 0 Å². The van der Waals surface area contributed by atoms with Gasteiger partial charge in [0.1, 0.15) is 11.2 Å². The molecule has 1 nitrogen and oxygen atoms in total. The first-order valence-electron chi connectivity index (χ1n) is 23.2. The van der Waals surface area contributed by atoms with E-state index in [1.807, 2.05) is 6.07 Å². The number of fused-ring (bicyclic) bond motifs is 9. The van der Waals surface area contributed by atoms with Crippen molar-refractivity contribution >= 4 is 86.6 Å². The second kappa shape index (κ2) is 14.9. The molecule has 310 valence electrons. The Kier molecular flexibility index (Phi) is 8.35. The van der Waals surface area contributed by atoms with E-state index in [9.17, 15) is 0 Å². The van der Waals surface area contributed by atoms with Crippen molar-refractivity contribution in [3.05, 3.63) is 243 Å². The van der Waals surface area contributed by atoms with E-state index in [0.29, 0.717) is 0 Å². The average molecular weight is 849 g/mol. The van der Waals surface area contributed by atoms with Gasteiger partial charge in [-0.15, -0.1) is 0 Å². The molecule has 0 unspecified atom stereocenters. The normalized spacial score (nSPS) is 11.9. The molecular weight excluding hydrogens is 809 g/mol. The van der Waals surface area contributed by atoms with Crippen molar-refractivity contribution in [3.8, 4) is 55.6 Å². The minimum atomic E-state index is 0.906. The topological polar surface area (TPSA) is 13.1 Å². The molecule has 1 aromatic heterocycles. The molecule has 0 saturated heterocycles. The predicted octanol–water partition coefficient (Wildman–Crippen LogP) is 18.8. The molecule has 0 N–H and O–H groups in total. The summed E-state index contributed by atoms with van der Waals surface area (Å²) in [5.41, 5.74) is 14.2. The highest BCUT2D eigenvalue weighted by Crippen LogP contribution is 2.49. The van der Waals surface area contributed by atoms with Crippen molar-refractivity contribution in [1.29, 1.82) is 0 Å². The second-order valence-corrected chi connectivity index (χ2v) is 17.8. The Bertz CT molecular complexity index is 4210. The molecule has 14 aromatic rings. The van der Waals surface area contributed by atoms with Gasteiger partial charge in [0.15, 0.2) is 0 Å². The minimum Gasteiger partial charge on any atom is -0.456 e. The molecule has 0 saturated carbocycles. The van der Waals surface area contributed by atoms with E-state index in [0.717, 1.165) is 21.9 Å². The zero-order chi connectivity index (χ0) is 44.0. The van der Waals surface area contributed by atoms with Crippen molar-refractivity contribution in [2.45, 2.75) is 0 Å². The van der Waals surface area contributed by atoms with Crippen LogP contribution in [-0.4, -0.2) is 0 Å². The number of para-hydroxylation sites is 1. The van der Waals surface area contributed by atoms with Gasteiger partial charge in [0.2, 0.25) is 0 Å². The van der Waals surface area contributed by atoms with Gasteiger partial charge in [-0.25, -0.2) is 0 Å². The lowest BCUT2D eigenvalue weighted by Gasteiger charge is -2.19. The maximum atomic E-state index is 6.41. The molecule has 0 fully saturated rings. The summed E-state index contributed by atoms with van der Waals surface area (Å²) in [7, 11) is 0. The van der Waals surface area contributed by atoms with Crippen LogP contribution in [0.5, 0.6) is 0 Å². The van der Waals surface area contributed by atoms with Crippen LogP contribution in [-0.2, 0) is 0 Å². The van der Waals surface area contributed by atoms with Gasteiger partial charge < -0.3 is 4.42 Å². The van der Waals surface area contributed by atoms with Gasteiger partial charge in [0.25, 0.3) is 0 Å². The minimum absolute atomic E-state index is 0.906. The standard InChI is InChI=1S/C66H40O/c1-2-17-41(18-3-1)62-50-21-4-6-23-52(50)63(53-24-7-5-22-51(53)62)48-30-14-19-44-39-42(35-37-46(44)48)43-36-38-47-45(40-43)20-15-31-49(47)64-54-25-8-10-27-56(54)65(57-28-11-9-26-55(57)64)59-32-16-34-61-66(59)58-29-12-13-33-60(58)67-61/h1-40H. The van der Waals surface area contributed by atoms with Crippen molar-refractivity contribution in [2.75, 3.05) is 0 Å². The fourth-order valence-corrected chi connectivity index (χ4v) is 11.4. The fourth-order valence-electron chi connectivity index (χ4n) is 11.4. The van der Waals surface area contributed by atoms with Crippen molar-refractivity contribution in [2.24, 2.45) is 0 Å². The zero-order valence-electron chi connectivity index (χ0n) is 36.5. The van der Waals surface area contributed by atoms with Gasteiger partial charge in [-0.2, -0.15) is 0 Å². The van der Waals surface area contributed by atoms with Crippen LogP contribution in [0.3, 0.4) is 0 Å². The van der Waals surface area contributed by atoms with Crippen LogP contribution in [0, 0.1) is 0 Å². The Morgan fingerprint density at radius 2 is 0.582 bits per heavy atom. The van der Waals surface area contributed by atoms with Crippen LogP contribution in [0.4, 0.5) is 0 Å². The Morgan fingerprint density at radius 3 is 1.07 bits per heavy atom. The number of hydrogen-bond donors (Lipinski definition) is 0. The van der Waals surface area contributed by atoms with E-state index in [1.165, 1.54) is 120 Å². The largest absolute Gasteiger partial charge is 0.456 e. The maximum Gasteiger partial charge on any atom is 0.136 e. The van der Waals surface area contributed by atoms with Crippen LogP contribution in [0.25, 0.3) is 142 Å². The highest BCUT2D eigenvalue weighted by molar-refractivity contribution is 6.27. The monoisotopic (exact) mass is 848 g/mol. The molecule has 13 aromatic carbocycles. The quantitative estimate of drug-likeness (QED) is 0.157. The van der Waals surface area contributed by atoms with E-state index in [2.05, 4.69) is 237 Å². The van der Waals surface area contributed by atoms with Crippen molar-refractivity contribution in [3.63, 3.8) is 0 Å². The summed E-state index contributed by atoms with van der Waals surface area (Å²) in [6.45, 7) is 0. The molecule has 0 amide bonds. The summed E-state index contributed by atoms with van der Waals surface area (Å²) in [5, 5.41) is 17.2. The first-order valence-corrected chi connectivity index (χ1v) is 23.2. The lowest BCUT2D eigenvalue weighted by molar-refractivity contribution is 0.669. The number of rotatable bonds is 5. The third kappa shape index (κ3) is 5.75. The third-order valence-electron chi connectivity index (χ3n) is 14.2. The molecule has 0 atom stereocenters. The van der Waals surface area contributed by atoms with Gasteiger partial charge in [-0.3, -0.25) is 0 Å². The second-order valence-electron chi connectivity index (χ2n) is 17.8. The van der Waals surface area contributed by atoms with Crippen LogP contribution >= 0.6 is 0 Å². The zero-order valence-corrected chi connectivity index (χ0v) is 36.5. The van der Waals surface area contributed by atoms with Crippen molar-refractivity contribution in [1.82, 2.24) is 0 Å². The molecule has 14 rings (SSSR count). The number of furan rings is 1. The van der Waals surface area contributed by atoms with E-state index in [-0.39, 0.29) is 0 Å². The first-order chi connectivity index (χ1) is 33.3. The molecule has 0 aliphatic rings. The molecule has 0 aliphatic heterocycles. The molecule has 0 aliphatic carbocycles. The van der Waals surface area contributed by atoms with Crippen LogP contribution in [0.2, 0.25) is 0 Å². The molecule has 67 heavy (non-hydrogen) atoms. The van der Waals surface area contributed by atoms with E-state index < -0.39 is 0 Å². The van der Waals surface area contributed by atoms with E-state index in [1.54, 1.807) is 0 Å². The van der Waals surface area contributed by atoms with Gasteiger partial charge in [-0.1, -0.05) is 218 Å². The molecule has 1 heterocycles. The van der Waals surface area contributed by atoms with Crippen LogP contribution < -0.4 is 0 Å². The maximum absolute atomic E-state index is 6.41. The summed E-state index contributed by atoms with van der Waals surface area (Å²) in [6.07, 6.45) is 0.